The summed E-state index contributed by atoms with van der Waals surface area (Å²) in [5.74, 6) is 0.469. The smallest absolute Gasteiger partial charge is 0.256 e. The van der Waals surface area contributed by atoms with Crippen LogP contribution in [0.3, 0.4) is 0 Å². The van der Waals surface area contributed by atoms with Gasteiger partial charge in [-0.1, -0.05) is 18.2 Å². The lowest BCUT2D eigenvalue weighted by molar-refractivity contribution is 0.102. The van der Waals surface area contributed by atoms with E-state index in [2.05, 4.69) is 10.3 Å². The summed E-state index contributed by atoms with van der Waals surface area (Å²) in [6, 6.07) is 21.8. The number of carbonyl (C=O) groups is 1. The van der Waals surface area contributed by atoms with Crippen LogP contribution in [0, 0.1) is 6.92 Å². The molecule has 0 aliphatic heterocycles. The standard InChI is InChI=1S/C24H22N4O2.ClH/c1-15-12-22(26)21-13-18(8-11-23(21)27-15)28-24(29)20-5-3-2-4-16(20)14-30-19-9-6-17(25)7-10-19;/h2-13H,14,25H2,1H3,(H2,26,27)(H,28,29);1H. The third kappa shape index (κ3) is 5.05. The first-order chi connectivity index (χ1) is 14.5. The number of anilines is 3. The molecule has 0 aliphatic rings. The van der Waals surface area contributed by atoms with Gasteiger partial charge in [0.1, 0.15) is 12.4 Å². The van der Waals surface area contributed by atoms with Crippen molar-refractivity contribution in [1.82, 2.24) is 4.98 Å². The number of hydrogen-bond donors (Lipinski definition) is 3. The number of rotatable bonds is 5. The van der Waals surface area contributed by atoms with Crippen LogP contribution in [0.1, 0.15) is 21.6 Å². The number of ether oxygens (including phenoxy) is 1. The molecular weight excluding hydrogens is 412 g/mol. The number of nitrogens with zero attached hydrogens (tertiary/aromatic N) is 1. The van der Waals surface area contributed by atoms with Crippen LogP contribution in [0.15, 0.2) is 72.8 Å². The third-order valence-electron chi connectivity index (χ3n) is 4.76. The highest BCUT2D eigenvalue weighted by Crippen LogP contribution is 2.25. The summed E-state index contributed by atoms with van der Waals surface area (Å²) < 4.78 is 5.81. The van der Waals surface area contributed by atoms with Gasteiger partial charge in [0, 0.05) is 39.3 Å². The molecule has 0 atom stereocenters. The highest BCUT2D eigenvalue weighted by atomic mass is 35.5. The molecule has 5 N–H and O–H groups in total. The lowest BCUT2D eigenvalue weighted by atomic mass is 10.1. The lowest BCUT2D eigenvalue weighted by Gasteiger charge is -2.12. The molecule has 0 spiro atoms. The van der Waals surface area contributed by atoms with Crippen LogP contribution in [-0.4, -0.2) is 10.9 Å². The number of nitrogens with one attached hydrogen (secondary N) is 1. The molecule has 4 rings (SSSR count). The molecule has 0 bridgehead atoms. The predicted octanol–water partition coefficient (Wildman–Crippen LogP) is 4.96. The van der Waals surface area contributed by atoms with E-state index in [0.717, 1.165) is 22.2 Å². The number of nitrogens with two attached hydrogens (primary N) is 2. The molecule has 0 unspecified atom stereocenters. The molecule has 1 amide bonds. The van der Waals surface area contributed by atoms with Crippen molar-refractivity contribution >= 4 is 46.3 Å². The van der Waals surface area contributed by atoms with E-state index in [9.17, 15) is 4.79 Å². The zero-order chi connectivity index (χ0) is 21.1. The Kier molecular flexibility index (Phi) is 6.62. The largest absolute Gasteiger partial charge is 0.489 e. The van der Waals surface area contributed by atoms with Gasteiger partial charge in [0.15, 0.2) is 0 Å². The van der Waals surface area contributed by atoms with E-state index >= 15 is 0 Å². The molecule has 31 heavy (non-hydrogen) atoms. The number of carbonyl (C=O) groups excluding carboxylic acids is 1. The quantitative estimate of drug-likeness (QED) is 0.385. The fourth-order valence-corrected chi connectivity index (χ4v) is 3.26. The normalized spacial score (nSPS) is 10.4. The summed E-state index contributed by atoms with van der Waals surface area (Å²) in [5, 5.41) is 3.75. The van der Waals surface area contributed by atoms with Gasteiger partial charge in [-0.25, -0.2) is 0 Å². The van der Waals surface area contributed by atoms with Crippen LogP contribution in [-0.2, 0) is 6.61 Å². The van der Waals surface area contributed by atoms with Gasteiger partial charge in [0.2, 0.25) is 0 Å². The molecule has 0 aliphatic carbocycles. The molecule has 4 aromatic rings. The second-order valence-corrected chi connectivity index (χ2v) is 7.05. The van der Waals surface area contributed by atoms with Crippen molar-refractivity contribution in [1.29, 1.82) is 0 Å². The number of pyridine rings is 1. The van der Waals surface area contributed by atoms with Crippen molar-refractivity contribution in [3.8, 4) is 5.75 Å². The fraction of sp³-hybridized carbons (Fsp3) is 0.0833. The summed E-state index contributed by atoms with van der Waals surface area (Å²) in [5.41, 5.74) is 16.7. The van der Waals surface area contributed by atoms with E-state index in [1.807, 2.05) is 49.4 Å². The SMILES string of the molecule is Cc1cc(N)c2cc(NC(=O)c3ccccc3COc3ccc(N)cc3)ccc2n1.Cl. The van der Waals surface area contributed by atoms with Gasteiger partial charge >= 0.3 is 0 Å². The maximum absolute atomic E-state index is 12.9. The van der Waals surface area contributed by atoms with E-state index < -0.39 is 0 Å². The number of fused-ring (bicyclic) bond motifs is 1. The zero-order valence-electron chi connectivity index (χ0n) is 17.0. The maximum atomic E-state index is 12.9. The van der Waals surface area contributed by atoms with Crippen LogP contribution in [0.5, 0.6) is 5.75 Å². The molecule has 158 valence electrons. The Morgan fingerprint density at radius 2 is 1.74 bits per heavy atom. The fourth-order valence-electron chi connectivity index (χ4n) is 3.26. The summed E-state index contributed by atoms with van der Waals surface area (Å²) in [6.45, 7) is 2.16. The van der Waals surface area contributed by atoms with E-state index in [1.165, 1.54) is 0 Å². The molecule has 3 aromatic carbocycles. The van der Waals surface area contributed by atoms with Gasteiger partial charge in [0.25, 0.3) is 5.91 Å². The van der Waals surface area contributed by atoms with Crippen molar-refractivity contribution in [3.05, 3.63) is 89.6 Å². The lowest BCUT2D eigenvalue weighted by Crippen LogP contribution is -2.15. The van der Waals surface area contributed by atoms with Crippen LogP contribution >= 0.6 is 12.4 Å². The summed E-state index contributed by atoms with van der Waals surface area (Å²) in [4.78, 5) is 17.4. The maximum Gasteiger partial charge on any atom is 0.256 e. The minimum Gasteiger partial charge on any atom is -0.489 e. The van der Waals surface area contributed by atoms with Crippen LogP contribution < -0.4 is 21.5 Å². The number of benzene rings is 3. The molecule has 7 heteroatoms. The average Bonchev–Trinajstić information content (AvgIpc) is 2.74. The number of aromatic nitrogens is 1. The van der Waals surface area contributed by atoms with Crippen LogP contribution in [0.4, 0.5) is 17.1 Å². The molecule has 1 aromatic heterocycles. The van der Waals surface area contributed by atoms with Crippen molar-refractivity contribution in [2.45, 2.75) is 13.5 Å². The summed E-state index contributed by atoms with van der Waals surface area (Å²) >= 11 is 0. The Morgan fingerprint density at radius 3 is 2.52 bits per heavy atom. The first kappa shape index (κ1) is 21.9. The summed E-state index contributed by atoms with van der Waals surface area (Å²) in [6.07, 6.45) is 0. The minimum atomic E-state index is -0.218. The number of hydrogen-bond acceptors (Lipinski definition) is 5. The molecule has 1 heterocycles. The van der Waals surface area contributed by atoms with E-state index in [1.54, 1.807) is 30.3 Å². The van der Waals surface area contributed by atoms with E-state index in [-0.39, 0.29) is 24.9 Å². The second kappa shape index (κ2) is 9.36. The predicted molar refractivity (Wildman–Crippen MR) is 128 cm³/mol. The number of nitrogen functional groups attached to an aromatic ring is 2. The van der Waals surface area contributed by atoms with Crippen molar-refractivity contribution < 1.29 is 9.53 Å². The Bertz CT molecular complexity index is 1230. The number of aryl methyl sites for hydroxylation is 1. The Hall–Kier alpha value is -3.77. The zero-order valence-corrected chi connectivity index (χ0v) is 17.8. The molecule has 0 saturated carbocycles. The van der Waals surface area contributed by atoms with Gasteiger partial charge in [-0.15, -0.1) is 12.4 Å². The van der Waals surface area contributed by atoms with Crippen LogP contribution in [0.2, 0.25) is 0 Å². The van der Waals surface area contributed by atoms with Crippen molar-refractivity contribution in [3.63, 3.8) is 0 Å². The van der Waals surface area contributed by atoms with Crippen LogP contribution in [0.25, 0.3) is 10.9 Å². The van der Waals surface area contributed by atoms with Gasteiger partial charge in [-0.3, -0.25) is 9.78 Å². The monoisotopic (exact) mass is 434 g/mol. The van der Waals surface area contributed by atoms with E-state index in [4.69, 9.17) is 16.2 Å². The topological polar surface area (TPSA) is 103 Å². The number of amides is 1. The molecular formula is C24H23ClN4O2. The molecule has 6 nitrogen and oxygen atoms in total. The molecule has 0 fully saturated rings. The Labute approximate surface area is 186 Å². The first-order valence-electron chi connectivity index (χ1n) is 9.54. The number of halogens is 1. The third-order valence-corrected chi connectivity index (χ3v) is 4.76. The van der Waals surface area contributed by atoms with Gasteiger partial charge in [-0.2, -0.15) is 0 Å². The minimum absolute atomic E-state index is 0. The van der Waals surface area contributed by atoms with Crippen molar-refractivity contribution in [2.24, 2.45) is 0 Å². The van der Waals surface area contributed by atoms with Crippen molar-refractivity contribution in [2.75, 3.05) is 16.8 Å². The Balaban J connectivity index is 0.00000272. The summed E-state index contributed by atoms with van der Waals surface area (Å²) in [7, 11) is 0. The first-order valence-corrected chi connectivity index (χ1v) is 9.54. The Morgan fingerprint density at radius 1 is 1.00 bits per heavy atom. The second-order valence-electron chi connectivity index (χ2n) is 7.05. The van der Waals surface area contributed by atoms with Gasteiger partial charge in [0.05, 0.1) is 5.52 Å². The van der Waals surface area contributed by atoms with Gasteiger partial charge in [-0.05, 0) is 61.5 Å². The molecule has 0 saturated heterocycles. The highest BCUT2D eigenvalue weighted by Gasteiger charge is 2.13. The molecule has 0 radical (unpaired) electrons. The van der Waals surface area contributed by atoms with Gasteiger partial charge < -0.3 is 21.5 Å². The average molecular weight is 435 g/mol. The highest BCUT2D eigenvalue weighted by molar-refractivity contribution is 6.06. The van der Waals surface area contributed by atoms with E-state index in [0.29, 0.717) is 28.4 Å².